The van der Waals surface area contributed by atoms with Gasteiger partial charge in [0.2, 0.25) is 0 Å². The number of nitrogens with one attached hydrogen (secondary N) is 1. The first-order chi connectivity index (χ1) is 8.88. The molecule has 1 fully saturated rings. The molecule has 3 nitrogen and oxygen atoms in total. The molecule has 0 aromatic carbocycles. The fourth-order valence-electron chi connectivity index (χ4n) is 3.15. The number of pyridine rings is 1. The normalized spacial score (nSPS) is 26.9. The average Bonchev–Trinajstić information content (AvgIpc) is 2.46. The number of nitriles is 1. The number of allylic oxidation sites excluding steroid dienone is 1. The summed E-state index contributed by atoms with van der Waals surface area (Å²) in [6.45, 7) is 2.17. The Kier molecular flexibility index (Phi) is 3.12. The first-order valence-corrected chi connectivity index (χ1v) is 6.64. The topological polar surface area (TPSA) is 48.7 Å². The fraction of sp³-hybridized carbons (Fsp3) is 0.467. The van der Waals surface area contributed by atoms with E-state index in [9.17, 15) is 0 Å². The van der Waals surface area contributed by atoms with Crippen molar-refractivity contribution in [2.24, 2.45) is 5.92 Å². The zero-order valence-corrected chi connectivity index (χ0v) is 10.4. The Morgan fingerprint density at radius 3 is 3.17 bits per heavy atom. The van der Waals surface area contributed by atoms with E-state index in [0.717, 1.165) is 36.6 Å². The second-order valence-electron chi connectivity index (χ2n) is 5.16. The first-order valence-electron chi connectivity index (χ1n) is 6.64. The molecule has 0 radical (unpaired) electrons. The zero-order chi connectivity index (χ0) is 12.4. The second-order valence-corrected chi connectivity index (χ2v) is 5.16. The number of hydrogen-bond donors (Lipinski definition) is 1. The number of nitrogens with zero attached hydrogens (tertiary/aromatic N) is 2. The lowest BCUT2D eigenvalue weighted by Crippen LogP contribution is -2.32. The predicted molar refractivity (Wildman–Crippen MR) is 70.0 cm³/mol. The zero-order valence-electron chi connectivity index (χ0n) is 10.4. The lowest BCUT2D eigenvalue weighted by atomic mass is 9.76. The van der Waals surface area contributed by atoms with Crippen LogP contribution in [0.1, 0.15) is 36.3 Å². The highest BCUT2D eigenvalue weighted by molar-refractivity contribution is 5.40. The predicted octanol–water partition coefficient (Wildman–Crippen LogP) is 2.37. The average molecular weight is 239 g/mol. The molecule has 0 amide bonds. The third-order valence-electron chi connectivity index (χ3n) is 4.14. The van der Waals surface area contributed by atoms with E-state index < -0.39 is 0 Å². The molecule has 3 rings (SSSR count). The summed E-state index contributed by atoms with van der Waals surface area (Å²) in [6.07, 6.45) is 9.54. The molecule has 3 heteroatoms. The highest BCUT2D eigenvalue weighted by Crippen LogP contribution is 2.37. The van der Waals surface area contributed by atoms with E-state index in [2.05, 4.69) is 22.4 Å². The van der Waals surface area contributed by atoms with Crippen LogP contribution >= 0.6 is 0 Å². The third kappa shape index (κ3) is 2.04. The van der Waals surface area contributed by atoms with Gasteiger partial charge >= 0.3 is 0 Å². The van der Waals surface area contributed by atoms with Crippen molar-refractivity contribution >= 4 is 0 Å². The minimum absolute atomic E-state index is 0.397. The number of hydrogen-bond acceptors (Lipinski definition) is 3. The quantitative estimate of drug-likeness (QED) is 0.765. The van der Waals surface area contributed by atoms with Gasteiger partial charge in [0.05, 0.1) is 5.56 Å². The van der Waals surface area contributed by atoms with E-state index in [1.165, 1.54) is 12.8 Å². The number of piperidine rings is 1. The van der Waals surface area contributed by atoms with Crippen molar-refractivity contribution < 1.29 is 0 Å². The molecule has 2 heterocycles. The first kappa shape index (κ1) is 11.4. The Morgan fingerprint density at radius 2 is 2.28 bits per heavy atom. The molecule has 92 valence electrons. The van der Waals surface area contributed by atoms with Gasteiger partial charge in [0, 0.05) is 24.9 Å². The molecule has 1 aliphatic carbocycles. The van der Waals surface area contributed by atoms with Gasteiger partial charge in [0.25, 0.3) is 0 Å². The van der Waals surface area contributed by atoms with Gasteiger partial charge in [-0.2, -0.15) is 5.26 Å². The maximum absolute atomic E-state index is 9.16. The molecule has 1 aliphatic heterocycles. The fourth-order valence-corrected chi connectivity index (χ4v) is 3.15. The molecule has 2 unspecified atom stereocenters. The Balaban J connectivity index is 1.92. The monoisotopic (exact) mass is 239 g/mol. The molecule has 0 saturated carbocycles. The molecule has 18 heavy (non-hydrogen) atoms. The van der Waals surface area contributed by atoms with E-state index in [1.54, 1.807) is 18.0 Å². The second kappa shape index (κ2) is 4.91. The van der Waals surface area contributed by atoms with Crippen LogP contribution in [0.25, 0.3) is 0 Å². The summed E-state index contributed by atoms with van der Waals surface area (Å²) >= 11 is 0. The van der Waals surface area contributed by atoms with Crippen molar-refractivity contribution in [3.05, 3.63) is 41.2 Å². The highest BCUT2D eigenvalue weighted by atomic mass is 14.9. The maximum atomic E-state index is 9.16. The van der Waals surface area contributed by atoms with Gasteiger partial charge in [-0.1, -0.05) is 11.6 Å². The van der Waals surface area contributed by atoms with Gasteiger partial charge < -0.3 is 5.32 Å². The molecule has 0 bridgehead atoms. The van der Waals surface area contributed by atoms with Crippen LogP contribution in [0.4, 0.5) is 0 Å². The minimum Gasteiger partial charge on any atom is -0.313 e. The molecular formula is C15H17N3. The summed E-state index contributed by atoms with van der Waals surface area (Å²) in [6, 6.07) is 4.25. The van der Waals surface area contributed by atoms with Gasteiger partial charge in [-0.05, 0) is 43.4 Å². The van der Waals surface area contributed by atoms with E-state index >= 15 is 0 Å². The lowest BCUT2D eigenvalue weighted by Gasteiger charge is -2.33. The highest BCUT2D eigenvalue weighted by Gasteiger charge is 2.26. The van der Waals surface area contributed by atoms with Crippen molar-refractivity contribution in [1.29, 1.82) is 5.26 Å². The van der Waals surface area contributed by atoms with Crippen LogP contribution in [-0.4, -0.2) is 18.1 Å². The lowest BCUT2D eigenvalue weighted by molar-refractivity contribution is 0.400. The van der Waals surface area contributed by atoms with E-state index in [-0.39, 0.29) is 0 Å². The summed E-state index contributed by atoms with van der Waals surface area (Å²) in [7, 11) is 0. The van der Waals surface area contributed by atoms with Crippen molar-refractivity contribution in [2.45, 2.75) is 25.2 Å². The number of rotatable bonds is 1. The molecule has 1 aromatic heterocycles. The van der Waals surface area contributed by atoms with Gasteiger partial charge in [-0.15, -0.1) is 0 Å². The SMILES string of the molecule is N#Cc1cnccc1C1C=C2CNCCC2CC1. The van der Waals surface area contributed by atoms with Crippen molar-refractivity contribution in [3.8, 4) is 6.07 Å². The third-order valence-corrected chi connectivity index (χ3v) is 4.14. The van der Waals surface area contributed by atoms with Gasteiger partial charge in [0.1, 0.15) is 6.07 Å². The largest absolute Gasteiger partial charge is 0.313 e. The van der Waals surface area contributed by atoms with Crippen LogP contribution in [0.15, 0.2) is 30.1 Å². The van der Waals surface area contributed by atoms with Crippen molar-refractivity contribution in [3.63, 3.8) is 0 Å². The summed E-state index contributed by atoms with van der Waals surface area (Å²) < 4.78 is 0. The van der Waals surface area contributed by atoms with Crippen LogP contribution in [0.3, 0.4) is 0 Å². The molecule has 1 saturated heterocycles. The summed E-state index contributed by atoms with van der Waals surface area (Å²) in [5.74, 6) is 1.17. The molecule has 2 atom stereocenters. The van der Waals surface area contributed by atoms with E-state index in [0.29, 0.717) is 5.92 Å². The van der Waals surface area contributed by atoms with Crippen LogP contribution in [0, 0.1) is 17.2 Å². The summed E-state index contributed by atoms with van der Waals surface area (Å²) in [5.41, 5.74) is 3.41. The van der Waals surface area contributed by atoms with Gasteiger partial charge in [0.15, 0.2) is 0 Å². The summed E-state index contributed by atoms with van der Waals surface area (Å²) in [5, 5.41) is 12.6. The van der Waals surface area contributed by atoms with Crippen LogP contribution in [0.5, 0.6) is 0 Å². The molecule has 1 aromatic rings. The Hall–Kier alpha value is -1.66. The Morgan fingerprint density at radius 1 is 1.33 bits per heavy atom. The molecule has 2 aliphatic rings. The van der Waals surface area contributed by atoms with E-state index in [4.69, 9.17) is 5.26 Å². The minimum atomic E-state index is 0.397. The Labute approximate surface area is 108 Å². The Bertz CT molecular complexity index is 513. The molecular weight excluding hydrogens is 222 g/mol. The van der Waals surface area contributed by atoms with E-state index in [1.807, 2.05) is 6.07 Å². The number of aromatic nitrogens is 1. The van der Waals surface area contributed by atoms with Crippen LogP contribution in [0.2, 0.25) is 0 Å². The summed E-state index contributed by atoms with van der Waals surface area (Å²) in [4.78, 5) is 4.04. The standard InChI is InChI=1S/C15H17N3/c16-8-14-10-18-6-4-15(14)12-2-1-11-3-5-17-9-13(11)7-12/h4,6-7,10-12,17H,1-3,5,9H2. The number of fused-ring (bicyclic) bond motifs is 1. The molecule has 1 N–H and O–H groups in total. The van der Waals surface area contributed by atoms with Crippen molar-refractivity contribution in [2.75, 3.05) is 13.1 Å². The van der Waals surface area contributed by atoms with Gasteiger partial charge in [-0.3, -0.25) is 4.98 Å². The smallest absolute Gasteiger partial charge is 0.101 e. The van der Waals surface area contributed by atoms with Crippen LogP contribution < -0.4 is 5.32 Å². The maximum Gasteiger partial charge on any atom is 0.101 e. The van der Waals surface area contributed by atoms with Gasteiger partial charge in [-0.25, -0.2) is 0 Å². The van der Waals surface area contributed by atoms with Crippen LogP contribution in [-0.2, 0) is 0 Å². The molecule has 0 spiro atoms. The van der Waals surface area contributed by atoms with Crippen molar-refractivity contribution in [1.82, 2.24) is 10.3 Å².